The number of piperidine rings is 1. The van der Waals surface area contributed by atoms with Crippen LogP contribution in [0.15, 0.2) is 42.5 Å². The summed E-state index contributed by atoms with van der Waals surface area (Å²) in [6, 6.07) is 12.7. The van der Waals surface area contributed by atoms with Gasteiger partial charge in [0.2, 0.25) is 5.91 Å². The number of methoxy groups -OCH3 is 1. The van der Waals surface area contributed by atoms with Gasteiger partial charge in [-0.05, 0) is 68.1 Å². The number of rotatable bonds is 6. The summed E-state index contributed by atoms with van der Waals surface area (Å²) < 4.78 is 5.19. The molecule has 0 spiro atoms. The lowest BCUT2D eigenvalue weighted by atomic mass is 10.1. The largest absolute Gasteiger partial charge is 0.497 e. The van der Waals surface area contributed by atoms with Crippen molar-refractivity contribution < 1.29 is 19.1 Å². The molecule has 0 unspecified atom stereocenters. The van der Waals surface area contributed by atoms with Crippen molar-refractivity contribution in [3.63, 3.8) is 0 Å². The van der Waals surface area contributed by atoms with Crippen molar-refractivity contribution in [3.8, 4) is 5.75 Å². The predicted molar refractivity (Wildman–Crippen MR) is 150 cm³/mol. The molecule has 2 aliphatic rings. The summed E-state index contributed by atoms with van der Waals surface area (Å²) in [5.41, 5.74) is 2.79. The van der Waals surface area contributed by atoms with E-state index in [2.05, 4.69) is 15.5 Å². The van der Waals surface area contributed by atoms with Gasteiger partial charge in [-0.2, -0.15) is 0 Å². The molecule has 0 bridgehead atoms. The number of amides is 4. The molecule has 0 aliphatic carbocycles. The first-order valence-corrected chi connectivity index (χ1v) is 13.5. The Bertz CT molecular complexity index is 1130. The van der Waals surface area contributed by atoms with Gasteiger partial charge in [-0.15, -0.1) is 0 Å². The number of hydrogen-bond acceptors (Lipinski definition) is 5. The van der Waals surface area contributed by atoms with E-state index in [1.807, 2.05) is 66.1 Å². The molecular weight excluding hydrogens is 482 g/mol. The van der Waals surface area contributed by atoms with E-state index < -0.39 is 0 Å². The second-order valence-corrected chi connectivity index (χ2v) is 10.2. The molecule has 2 aromatic rings. The first kappa shape index (κ1) is 27.3. The third-order valence-corrected chi connectivity index (χ3v) is 7.13. The summed E-state index contributed by atoms with van der Waals surface area (Å²) in [5, 5.41) is 5.90. The number of carbonyl (C=O) groups is 3. The quantitative estimate of drug-likeness (QED) is 0.577. The van der Waals surface area contributed by atoms with Gasteiger partial charge >= 0.3 is 6.03 Å². The molecule has 2 heterocycles. The summed E-state index contributed by atoms with van der Waals surface area (Å²) in [6.45, 7) is 7.68. The van der Waals surface area contributed by atoms with E-state index >= 15 is 0 Å². The molecule has 2 N–H and O–H groups in total. The average molecular weight is 522 g/mol. The molecular formula is C29H39N5O4. The lowest BCUT2D eigenvalue weighted by molar-refractivity contribution is -0.118. The molecule has 0 atom stereocenters. The van der Waals surface area contributed by atoms with Crippen molar-refractivity contribution in [3.05, 3.63) is 48.0 Å². The maximum Gasteiger partial charge on any atom is 0.321 e. The molecule has 2 aromatic carbocycles. The van der Waals surface area contributed by atoms with Crippen molar-refractivity contribution in [2.24, 2.45) is 5.92 Å². The van der Waals surface area contributed by atoms with Crippen LogP contribution >= 0.6 is 0 Å². The Labute approximate surface area is 225 Å². The SMILES string of the molecule is COc1ccc(NC(=O)N2CCCN(c3ccc(NC(=O)C(C)C)cc3C(=O)N3CCCCC3)CC2)cc1. The maximum absolute atomic E-state index is 13.6. The molecule has 2 fully saturated rings. The Morgan fingerprint density at radius 2 is 1.45 bits per heavy atom. The second-order valence-electron chi connectivity index (χ2n) is 10.2. The van der Waals surface area contributed by atoms with Crippen molar-refractivity contribution in [2.75, 3.05) is 61.9 Å². The molecule has 2 aliphatic heterocycles. The van der Waals surface area contributed by atoms with Gasteiger partial charge < -0.3 is 30.1 Å². The molecule has 0 saturated carbocycles. The average Bonchev–Trinajstić information content (AvgIpc) is 3.20. The smallest absolute Gasteiger partial charge is 0.321 e. The summed E-state index contributed by atoms with van der Waals surface area (Å²) >= 11 is 0. The Morgan fingerprint density at radius 1 is 0.763 bits per heavy atom. The van der Waals surface area contributed by atoms with E-state index in [4.69, 9.17) is 4.74 Å². The van der Waals surface area contributed by atoms with E-state index in [1.165, 1.54) is 0 Å². The minimum Gasteiger partial charge on any atom is -0.497 e. The van der Waals surface area contributed by atoms with Gasteiger partial charge in [0, 0.05) is 62.2 Å². The van der Waals surface area contributed by atoms with Crippen LogP contribution in [0.1, 0.15) is 49.9 Å². The molecule has 4 amide bonds. The van der Waals surface area contributed by atoms with Crippen molar-refractivity contribution in [1.29, 1.82) is 0 Å². The Balaban J connectivity index is 1.50. The highest BCUT2D eigenvalue weighted by Crippen LogP contribution is 2.28. The zero-order chi connectivity index (χ0) is 27.1. The van der Waals surface area contributed by atoms with Gasteiger partial charge in [0.1, 0.15) is 5.75 Å². The van der Waals surface area contributed by atoms with Crippen molar-refractivity contribution in [2.45, 2.75) is 39.5 Å². The number of carbonyl (C=O) groups excluding carboxylic acids is 3. The predicted octanol–water partition coefficient (Wildman–Crippen LogP) is 4.66. The fourth-order valence-electron chi connectivity index (χ4n) is 4.85. The Morgan fingerprint density at radius 3 is 2.13 bits per heavy atom. The first-order valence-electron chi connectivity index (χ1n) is 13.5. The van der Waals surface area contributed by atoms with Gasteiger partial charge in [0.25, 0.3) is 5.91 Å². The van der Waals surface area contributed by atoms with Crippen LogP contribution < -0.4 is 20.3 Å². The van der Waals surface area contributed by atoms with Crippen molar-refractivity contribution in [1.82, 2.24) is 9.80 Å². The highest BCUT2D eigenvalue weighted by molar-refractivity contribution is 6.02. The third kappa shape index (κ3) is 6.76. The van der Waals surface area contributed by atoms with Crippen molar-refractivity contribution >= 4 is 34.9 Å². The Hall–Kier alpha value is -3.75. The first-order chi connectivity index (χ1) is 18.4. The molecule has 38 heavy (non-hydrogen) atoms. The summed E-state index contributed by atoms with van der Waals surface area (Å²) in [6.07, 6.45) is 3.93. The van der Waals surface area contributed by atoms with E-state index in [-0.39, 0.29) is 23.8 Å². The van der Waals surface area contributed by atoms with E-state index in [9.17, 15) is 14.4 Å². The lowest BCUT2D eigenvalue weighted by Crippen LogP contribution is -2.39. The number of likely N-dealkylation sites (tertiary alicyclic amines) is 1. The van der Waals surface area contributed by atoms with Crippen LogP contribution in [0.3, 0.4) is 0 Å². The number of urea groups is 1. The molecule has 2 saturated heterocycles. The third-order valence-electron chi connectivity index (χ3n) is 7.13. The zero-order valence-electron chi connectivity index (χ0n) is 22.7. The zero-order valence-corrected chi connectivity index (χ0v) is 22.7. The van der Waals surface area contributed by atoms with Crippen LogP contribution in [0, 0.1) is 5.92 Å². The molecule has 9 nitrogen and oxygen atoms in total. The Kier molecular flexibility index (Phi) is 9.10. The normalized spacial score (nSPS) is 16.2. The molecule has 0 radical (unpaired) electrons. The van der Waals surface area contributed by atoms with Gasteiger partial charge in [0.05, 0.1) is 12.7 Å². The standard InChI is InChI=1S/C29H39N5O4/c1-21(2)27(35)30-23-10-13-26(25(20-23)28(36)33-14-5-4-6-15-33)32-16-7-17-34(19-18-32)29(37)31-22-8-11-24(38-3)12-9-22/h8-13,20-21H,4-7,14-19H2,1-3H3,(H,30,35)(H,31,37). The van der Waals surface area contributed by atoms with Crippen LogP contribution in [0.4, 0.5) is 21.9 Å². The lowest BCUT2D eigenvalue weighted by Gasteiger charge is -2.30. The summed E-state index contributed by atoms with van der Waals surface area (Å²) in [5.74, 6) is 0.496. The monoisotopic (exact) mass is 521 g/mol. The minimum atomic E-state index is -0.156. The molecule has 0 aromatic heterocycles. The van der Waals surface area contributed by atoms with Gasteiger partial charge in [-0.25, -0.2) is 4.79 Å². The highest BCUT2D eigenvalue weighted by atomic mass is 16.5. The summed E-state index contributed by atoms with van der Waals surface area (Å²) in [4.78, 5) is 44.9. The highest BCUT2D eigenvalue weighted by Gasteiger charge is 2.26. The van der Waals surface area contributed by atoms with E-state index in [1.54, 1.807) is 7.11 Å². The van der Waals surface area contributed by atoms with Gasteiger partial charge in [-0.3, -0.25) is 9.59 Å². The van der Waals surface area contributed by atoms with Crippen LogP contribution in [0.25, 0.3) is 0 Å². The fraction of sp³-hybridized carbons (Fsp3) is 0.483. The number of ether oxygens (including phenoxy) is 1. The van der Waals surface area contributed by atoms with Crippen LogP contribution in [-0.2, 0) is 4.79 Å². The molecule has 204 valence electrons. The minimum absolute atomic E-state index is 0.00121. The molecule has 4 rings (SSSR count). The van der Waals surface area contributed by atoms with E-state index in [0.29, 0.717) is 36.6 Å². The number of anilines is 3. The van der Waals surface area contributed by atoms with Crippen LogP contribution in [0.2, 0.25) is 0 Å². The summed E-state index contributed by atoms with van der Waals surface area (Å²) in [7, 11) is 1.61. The number of benzene rings is 2. The van der Waals surface area contributed by atoms with E-state index in [0.717, 1.165) is 56.8 Å². The topological polar surface area (TPSA) is 94.2 Å². The number of nitrogens with zero attached hydrogens (tertiary/aromatic N) is 3. The van der Waals surface area contributed by atoms with Crippen LogP contribution in [0.5, 0.6) is 5.75 Å². The number of hydrogen-bond donors (Lipinski definition) is 2. The second kappa shape index (κ2) is 12.7. The molecule has 9 heteroatoms. The van der Waals surface area contributed by atoms with Gasteiger partial charge in [-0.1, -0.05) is 13.8 Å². The fourth-order valence-corrected chi connectivity index (χ4v) is 4.85. The maximum atomic E-state index is 13.6. The number of nitrogens with one attached hydrogen (secondary N) is 2. The van der Waals surface area contributed by atoms with Gasteiger partial charge in [0.15, 0.2) is 0 Å². The van der Waals surface area contributed by atoms with Crippen LogP contribution in [-0.4, -0.2) is 74.0 Å².